The number of hydrogen-bond donors (Lipinski definition) is 3. The molecule has 1 heterocycles. The van der Waals surface area contributed by atoms with Gasteiger partial charge in [-0.3, -0.25) is 5.43 Å². The Labute approximate surface area is 122 Å². The highest BCUT2D eigenvalue weighted by Gasteiger charge is 2.06. The van der Waals surface area contributed by atoms with Crippen LogP contribution in [0.4, 0.5) is 11.9 Å². The van der Waals surface area contributed by atoms with E-state index in [1.54, 1.807) is 12.1 Å². The van der Waals surface area contributed by atoms with Crippen LogP contribution in [0, 0.1) is 11.3 Å². The fourth-order valence-electron chi connectivity index (χ4n) is 1.63. The summed E-state index contributed by atoms with van der Waals surface area (Å²) in [6.07, 6.45) is 0. The number of nitriles is 1. The van der Waals surface area contributed by atoms with Gasteiger partial charge in [0.15, 0.2) is 0 Å². The normalized spacial score (nSPS) is 9.76. The average molecular weight is 285 g/mol. The largest absolute Gasteiger partial charge is 0.464 e. The van der Waals surface area contributed by atoms with Crippen molar-refractivity contribution in [2.75, 3.05) is 17.3 Å². The molecule has 0 fully saturated rings. The molecule has 0 aliphatic carbocycles. The minimum atomic E-state index is 0.189. The molecule has 108 valence electrons. The predicted octanol–water partition coefficient (Wildman–Crippen LogP) is 1.04. The Hall–Kier alpha value is -2.92. The maximum Gasteiger partial charge on any atom is 0.323 e. The maximum atomic E-state index is 8.87. The van der Waals surface area contributed by atoms with Crippen molar-refractivity contribution >= 4 is 11.9 Å². The molecule has 0 saturated carbocycles. The second-order valence-corrected chi connectivity index (χ2v) is 4.01. The number of ether oxygens (including phenoxy) is 1. The molecule has 2 rings (SSSR count). The van der Waals surface area contributed by atoms with Gasteiger partial charge in [0.05, 0.1) is 18.2 Å². The predicted molar refractivity (Wildman–Crippen MR) is 77.3 cm³/mol. The number of nitrogen functional groups attached to an aromatic ring is 1. The number of hydrazine groups is 1. The SMILES string of the molecule is CCOc1nc(NN)nc(NCc2cccc(C#N)c2)n1. The molecule has 0 bridgehead atoms. The van der Waals surface area contributed by atoms with Crippen molar-refractivity contribution in [3.63, 3.8) is 0 Å². The Morgan fingerprint density at radius 3 is 2.81 bits per heavy atom. The summed E-state index contributed by atoms with van der Waals surface area (Å²) in [5, 5.41) is 11.9. The topological polar surface area (TPSA) is 122 Å². The van der Waals surface area contributed by atoms with E-state index >= 15 is 0 Å². The lowest BCUT2D eigenvalue weighted by Crippen LogP contribution is -2.14. The molecule has 21 heavy (non-hydrogen) atoms. The Balaban J connectivity index is 2.11. The second kappa shape index (κ2) is 7.02. The third-order valence-electron chi connectivity index (χ3n) is 2.52. The average Bonchev–Trinajstić information content (AvgIpc) is 2.53. The molecule has 0 saturated heterocycles. The third kappa shape index (κ3) is 4.02. The molecule has 0 atom stereocenters. The van der Waals surface area contributed by atoms with Crippen molar-refractivity contribution in [3.8, 4) is 12.1 Å². The highest BCUT2D eigenvalue weighted by Crippen LogP contribution is 2.12. The van der Waals surface area contributed by atoms with Gasteiger partial charge in [0.25, 0.3) is 0 Å². The number of rotatable bonds is 6. The molecule has 0 spiro atoms. The van der Waals surface area contributed by atoms with E-state index in [0.29, 0.717) is 24.7 Å². The Morgan fingerprint density at radius 2 is 2.10 bits per heavy atom. The van der Waals surface area contributed by atoms with Gasteiger partial charge in [-0.05, 0) is 24.6 Å². The molecule has 0 unspecified atom stereocenters. The minimum absolute atomic E-state index is 0.189. The van der Waals surface area contributed by atoms with Crippen LogP contribution in [-0.2, 0) is 6.54 Å². The molecule has 0 aliphatic rings. The van der Waals surface area contributed by atoms with Crippen molar-refractivity contribution in [2.24, 2.45) is 5.84 Å². The highest BCUT2D eigenvalue weighted by atomic mass is 16.5. The van der Waals surface area contributed by atoms with Gasteiger partial charge in [0.1, 0.15) is 0 Å². The molecule has 0 amide bonds. The van der Waals surface area contributed by atoms with Crippen LogP contribution in [0.3, 0.4) is 0 Å². The van der Waals surface area contributed by atoms with E-state index in [1.165, 1.54) is 0 Å². The summed E-state index contributed by atoms with van der Waals surface area (Å²) in [5.74, 6) is 5.85. The van der Waals surface area contributed by atoms with Gasteiger partial charge in [0, 0.05) is 6.54 Å². The molecular weight excluding hydrogens is 270 g/mol. The van der Waals surface area contributed by atoms with Gasteiger partial charge in [-0.1, -0.05) is 12.1 Å². The molecule has 8 heteroatoms. The molecule has 0 aliphatic heterocycles. The van der Waals surface area contributed by atoms with E-state index < -0.39 is 0 Å². The first-order chi connectivity index (χ1) is 10.2. The number of anilines is 2. The van der Waals surface area contributed by atoms with Crippen molar-refractivity contribution in [1.29, 1.82) is 5.26 Å². The van der Waals surface area contributed by atoms with Crippen LogP contribution in [-0.4, -0.2) is 21.6 Å². The lowest BCUT2D eigenvalue weighted by Gasteiger charge is -2.08. The first-order valence-corrected chi connectivity index (χ1v) is 6.33. The van der Waals surface area contributed by atoms with E-state index in [1.807, 2.05) is 19.1 Å². The van der Waals surface area contributed by atoms with Crippen LogP contribution in [0.5, 0.6) is 6.01 Å². The Bertz CT molecular complexity index is 653. The summed E-state index contributed by atoms with van der Waals surface area (Å²) >= 11 is 0. The number of nitrogens with two attached hydrogens (primary N) is 1. The standard InChI is InChI=1S/C13H15N7O/c1-2-21-13-18-11(17-12(19-13)20-15)16-8-10-5-3-4-9(6-10)7-14/h3-6H,2,8,15H2,1H3,(H2,16,17,18,19,20). The van der Waals surface area contributed by atoms with Crippen molar-refractivity contribution in [2.45, 2.75) is 13.5 Å². The molecule has 1 aromatic carbocycles. The number of hydrogen-bond acceptors (Lipinski definition) is 8. The zero-order valence-electron chi connectivity index (χ0n) is 11.5. The van der Waals surface area contributed by atoms with E-state index in [4.69, 9.17) is 15.8 Å². The van der Waals surface area contributed by atoms with Crippen molar-refractivity contribution < 1.29 is 4.74 Å². The summed E-state index contributed by atoms with van der Waals surface area (Å²) < 4.78 is 5.24. The van der Waals surface area contributed by atoms with Crippen LogP contribution in [0.15, 0.2) is 24.3 Å². The van der Waals surface area contributed by atoms with Crippen molar-refractivity contribution in [1.82, 2.24) is 15.0 Å². The van der Waals surface area contributed by atoms with Crippen LogP contribution in [0.1, 0.15) is 18.1 Å². The zero-order chi connectivity index (χ0) is 15.1. The van der Waals surface area contributed by atoms with Gasteiger partial charge in [-0.25, -0.2) is 5.84 Å². The number of nitrogens with zero attached hydrogens (tertiary/aromatic N) is 4. The summed E-state index contributed by atoms with van der Waals surface area (Å²) in [5.41, 5.74) is 3.90. The quantitative estimate of drug-likeness (QED) is 0.531. The smallest absolute Gasteiger partial charge is 0.323 e. The fourth-order valence-corrected chi connectivity index (χ4v) is 1.63. The zero-order valence-corrected chi connectivity index (χ0v) is 11.5. The van der Waals surface area contributed by atoms with Gasteiger partial charge in [0.2, 0.25) is 11.9 Å². The maximum absolute atomic E-state index is 8.87. The lowest BCUT2D eigenvalue weighted by atomic mass is 10.1. The summed E-state index contributed by atoms with van der Waals surface area (Å²) in [6, 6.07) is 9.54. The molecule has 1 aromatic heterocycles. The lowest BCUT2D eigenvalue weighted by molar-refractivity contribution is 0.312. The third-order valence-corrected chi connectivity index (χ3v) is 2.52. The molecule has 2 aromatic rings. The minimum Gasteiger partial charge on any atom is -0.464 e. The second-order valence-electron chi connectivity index (χ2n) is 4.01. The van der Waals surface area contributed by atoms with Gasteiger partial charge in [-0.15, -0.1) is 0 Å². The van der Waals surface area contributed by atoms with Gasteiger partial charge in [-0.2, -0.15) is 20.2 Å². The number of aromatic nitrogens is 3. The number of nitrogens with one attached hydrogen (secondary N) is 2. The van der Waals surface area contributed by atoms with Gasteiger partial charge < -0.3 is 10.1 Å². The Kier molecular flexibility index (Phi) is 4.84. The van der Waals surface area contributed by atoms with Crippen LogP contribution < -0.4 is 21.3 Å². The van der Waals surface area contributed by atoms with Crippen molar-refractivity contribution in [3.05, 3.63) is 35.4 Å². The van der Waals surface area contributed by atoms with Crippen LogP contribution in [0.2, 0.25) is 0 Å². The molecule has 8 nitrogen and oxygen atoms in total. The molecule has 4 N–H and O–H groups in total. The van der Waals surface area contributed by atoms with Gasteiger partial charge >= 0.3 is 6.01 Å². The first-order valence-electron chi connectivity index (χ1n) is 6.33. The van der Waals surface area contributed by atoms with E-state index in [9.17, 15) is 0 Å². The molecule has 0 radical (unpaired) electrons. The van der Waals surface area contributed by atoms with E-state index in [0.717, 1.165) is 5.56 Å². The summed E-state index contributed by atoms with van der Waals surface area (Å²) in [6.45, 7) is 2.74. The van der Waals surface area contributed by atoms with Crippen LogP contribution in [0.25, 0.3) is 0 Å². The highest BCUT2D eigenvalue weighted by molar-refractivity contribution is 5.38. The van der Waals surface area contributed by atoms with E-state index in [2.05, 4.69) is 31.8 Å². The Morgan fingerprint density at radius 1 is 1.29 bits per heavy atom. The summed E-state index contributed by atoms with van der Waals surface area (Å²) in [4.78, 5) is 12.2. The van der Waals surface area contributed by atoms with E-state index in [-0.39, 0.29) is 12.0 Å². The summed E-state index contributed by atoms with van der Waals surface area (Å²) in [7, 11) is 0. The fraction of sp³-hybridized carbons (Fsp3) is 0.231. The molecular formula is C13H15N7O. The monoisotopic (exact) mass is 285 g/mol. The number of benzene rings is 1. The van der Waals surface area contributed by atoms with Crippen LogP contribution >= 0.6 is 0 Å². The first kappa shape index (κ1) is 14.5.